The van der Waals surface area contributed by atoms with Crippen LogP contribution in [0.25, 0.3) is 22.4 Å². The summed E-state index contributed by atoms with van der Waals surface area (Å²) in [6, 6.07) is 5.82. The summed E-state index contributed by atoms with van der Waals surface area (Å²) < 4.78 is 14.1. The minimum Gasteiger partial charge on any atom is -0.388 e. The van der Waals surface area contributed by atoms with Crippen LogP contribution >= 0.6 is 0 Å². The Bertz CT molecular complexity index is 1210. The van der Waals surface area contributed by atoms with E-state index in [0.29, 0.717) is 32.4 Å². The van der Waals surface area contributed by atoms with Crippen molar-refractivity contribution in [2.24, 2.45) is 5.92 Å². The molecular formula is C20H21N7O3. The Morgan fingerprint density at radius 2 is 1.97 bits per heavy atom. The number of aromatic nitrogens is 6. The van der Waals surface area contributed by atoms with Crippen LogP contribution in [0.15, 0.2) is 36.8 Å². The van der Waals surface area contributed by atoms with Gasteiger partial charge in [0.2, 0.25) is 5.95 Å². The number of pyridine rings is 2. The van der Waals surface area contributed by atoms with Crippen molar-refractivity contribution in [3.8, 4) is 5.69 Å². The quantitative estimate of drug-likeness (QED) is 0.534. The predicted octanol–water partition coefficient (Wildman–Crippen LogP) is 0.980. The minimum absolute atomic E-state index is 0.134. The molecule has 0 radical (unpaired) electrons. The molecule has 2 aliphatic heterocycles. The molecule has 6 heterocycles. The van der Waals surface area contributed by atoms with Crippen LogP contribution in [0.2, 0.25) is 0 Å². The maximum atomic E-state index is 10.5. The number of rotatable bonds is 4. The molecule has 2 saturated heterocycles. The average molecular weight is 407 g/mol. The lowest BCUT2D eigenvalue weighted by molar-refractivity contribution is -0.0924. The third kappa shape index (κ3) is 2.92. The second-order valence-corrected chi connectivity index (χ2v) is 7.68. The van der Waals surface area contributed by atoms with Crippen molar-refractivity contribution in [2.75, 3.05) is 44.4 Å². The largest absolute Gasteiger partial charge is 0.388 e. The van der Waals surface area contributed by atoms with Crippen LogP contribution in [0, 0.1) is 5.92 Å². The minimum atomic E-state index is -0.566. The van der Waals surface area contributed by atoms with Gasteiger partial charge < -0.3 is 19.5 Å². The smallest absolute Gasteiger partial charge is 0.245 e. The van der Waals surface area contributed by atoms with Gasteiger partial charge in [-0.2, -0.15) is 10.1 Å². The molecule has 0 spiro atoms. The molecule has 6 rings (SSSR count). The third-order valence-electron chi connectivity index (χ3n) is 5.72. The van der Waals surface area contributed by atoms with Crippen molar-refractivity contribution in [1.82, 2.24) is 29.4 Å². The van der Waals surface area contributed by atoms with E-state index in [1.807, 2.05) is 24.4 Å². The number of hydrogen-bond acceptors (Lipinski definition) is 8. The number of anilines is 1. The molecule has 154 valence electrons. The summed E-state index contributed by atoms with van der Waals surface area (Å²) in [5.41, 5.74) is 3.13. The molecule has 1 N–H and O–H groups in total. The lowest BCUT2D eigenvalue weighted by atomic mass is 9.95. The monoisotopic (exact) mass is 407 g/mol. The number of aliphatic hydroxyl groups is 1. The maximum Gasteiger partial charge on any atom is 0.245 e. The first-order chi connectivity index (χ1) is 14.8. The second kappa shape index (κ2) is 7.01. The zero-order valence-corrected chi connectivity index (χ0v) is 16.3. The van der Waals surface area contributed by atoms with Crippen molar-refractivity contribution in [1.29, 1.82) is 0 Å². The Balaban J connectivity index is 1.33. The number of aliphatic hydroxyl groups excluding tert-OH is 1. The van der Waals surface area contributed by atoms with Gasteiger partial charge in [-0.1, -0.05) is 0 Å². The van der Waals surface area contributed by atoms with Crippen LogP contribution in [0.5, 0.6) is 0 Å². The summed E-state index contributed by atoms with van der Waals surface area (Å²) in [5.74, 6) is 0.840. The van der Waals surface area contributed by atoms with Gasteiger partial charge in [-0.3, -0.25) is 0 Å². The van der Waals surface area contributed by atoms with Crippen molar-refractivity contribution in [2.45, 2.75) is 6.10 Å². The summed E-state index contributed by atoms with van der Waals surface area (Å²) in [6.07, 6.45) is 4.81. The van der Waals surface area contributed by atoms with E-state index in [-0.39, 0.29) is 5.92 Å². The normalized spacial score (nSPS) is 18.8. The third-order valence-corrected chi connectivity index (χ3v) is 5.72. The fraction of sp³-hybridized carbons (Fsp3) is 0.400. The van der Waals surface area contributed by atoms with E-state index < -0.39 is 6.10 Å². The molecule has 4 aromatic rings. The summed E-state index contributed by atoms with van der Waals surface area (Å²) in [6.45, 7) is 4.13. The summed E-state index contributed by atoms with van der Waals surface area (Å²) in [7, 11) is 0. The number of fused-ring (bicyclic) bond motifs is 2. The van der Waals surface area contributed by atoms with Gasteiger partial charge in [0.25, 0.3) is 0 Å². The molecule has 0 aliphatic carbocycles. The fourth-order valence-electron chi connectivity index (χ4n) is 3.88. The highest BCUT2D eigenvalue weighted by molar-refractivity contribution is 5.77. The van der Waals surface area contributed by atoms with Crippen LogP contribution in [0.1, 0.15) is 11.7 Å². The SMILES string of the molecule is O[C@@H](c1cnc2c(cnn2-c2ccc3nc(N4CCOCC4)nn3c2)c1)C1COC1. The van der Waals surface area contributed by atoms with E-state index in [1.54, 1.807) is 21.6 Å². The van der Waals surface area contributed by atoms with Crippen LogP contribution in [0.4, 0.5) is 5.95 Å². The predicted molar refractivity (Wildman–Crippen MR) is 108 cm³/mol. The van der Waals surface area contributed by atoms with Gasteiger partial charge >= 0.3 is 0 Å². The number of hydrogen-bond donors (Lipinski definition) is 1. The van der Waals surface area contributed by atoms with E-state index in [4.69, 9.17) is 9.47 Å². The van der Waals surface area contributed by atoms with Crippen LogP contribution in [-0.2, 0) is 9.47 Å². The molecule has 30 heavy (non-hydrogen) atoms. The lowest BCUT2D eigenvalue weighted by Crippen LogP contribution is -2.36. The summed E-state index contributed by atoms with van der Waals surface area (Å²) in [5, 5.41) is 20.5. The molecule has 2 fully saturated rings. The lowest BCUT2D eigenvalue weighted by Gasteiger charge is -2.30. The topological polar surface area (TPSA) is 103 Å². The molecule has 0 bridgehead atoms. The Kier molecular flexibility index (Phi) is 4.15. The molecule has 1 atom stereocenters. The Morgan fingerprint density at radius 3 is 2.77 bits per heavy atom. The second-order valence-electron chi connectivity index (χ2n) is 7.68. The first-order valence-electron chi connectivity index (χ1n) is 10.1. The first kappa shape index (κ1) is 17.8. The Labute approximate surface area is 171 Å². The Hall–Kier alpha value is -3.08. The van der Waals surface area contributed by atoms with Crippen molar-refractivity contribution < 1.29 is 14.6 Å². The number of nitrogens with zero attached hydrogens (tertiary/aromatic N) is 7. The van der Waals surface area contributed by atoms with Crippen LogP contribution in [0.3, 0.4) is 0 Å². The van der Waals surface area contributed by atoms with E-state index in [9.17, 15) is 5.11 Å². The van der Waals surface area contributed by atoms with Gasteiger partial charge in [0.15, 0.2) is 11.3 Å². The van der Waals surface area contributed by atoms with Crippen molar-refractivity contribution in [3.63, 3.8) is 0 Å². The van der Waals surface area contributed by atoms with Gasteiger partial charge in [-0.05, 0) is 18.2 Å². The molecule has 10 nitrogen and oxygen atoms in total. The van der Waals surface area contributed by atoms with Crippen molar-refractivity contribution >= 4 is 22.6 Å². The summed E-state index contributed by atoms with van der Waals surface area (Å²) >= 11 is 0. The van der Waals surface area contributed by atoms with Gasteiger partial charge in [0.05, 0.1) is 50.6 Å². The molecule has 0 aromatic carbocycles. The average Bonchev–Trinajstić information content (AvgIpc) is 3.36. The zero-order chi connectivity index (χ0) is 20.1. The summed E-state index contributed by atoms with van der Waals surface area (Å²) in [4.78, 5) is 11.3. The number of morpholine rings is 1. The van der Waals surface area contributed by atoms with Gasteiger partial charge in [0, 0.05) is 36.2 Å². The van der Waals surface area contributed by atoms with Gasteiger partial charge in [-0.25, -0.2) is 14.2 Å². The highest BCUT2D eigenvalue weighted by Crippen LogP contribution is 2.29. The Morgan fingerprint density at radius 1 is 1.10 bits per heavy atom. The molecule has 0 amide bonds. The molecule has 0 saturated carbocycles. The molecule has 2 aliphatic rings. The molecule has 10 heteroatoms. The van der Waals surface area contributed by atoms with Gasteiger partial charge in [0.1, 0.15) is 0 Å². The van der Waals surface area contributed by atoms with Crippen LogP contribution in [-0.4, -0.2) is 74.0 Å². The highest BCUT2D eigenvalue weighted by atomic mass is 16.5. The zero-order valence-electron chi connectivity index (χ0n) is 16.3. The fourth-order valence-corrected chi connectivity index (χ4v) is 3.88. The molecule has 4 aromatic heterocycles. The van der Waals surface area contributed by atoms with E-state index in [0.717, 1.165) is 41.0 Å². The standard InChI is InChI=1S/C20H21N7O3/c28-18(15-11-30-12-15)13-7-14-9-22-27(19(14)21-8-13)16-1-2-17-23-20(24-26(17)10-16)25-3-5-29-6-4-25/h1-2,7-10,15,18,28H,3-6,11-12H2/t18-/m0/s1. The maximum absolute atomic E-state index is 10.5. The molecular weight excluding hydrogens is 386 g/mol. The highest BCUT2D eigenvalue weighted by Gasteiger charge is 2.28. The van der Waals surface area contributed by atoms with Crippen molar-refractivity contribution in [3.05, 3.63) is 42.4 Å². The molecule has 0 unspecified atom stereocenters. The van der Waals surface area contributed by atoms with E-state index in [2.05, 4.69) is 25.1 Å². The van der Waals surface area contributed by atoms with E-state index >= 15 is 0 Å². The van der Waals surface area contributed by atoms with Crippen LogP contribution < -0.4 is 4.90 Å². The van der Waals surface area contributed by atoms with Gasteiger partial charge in [-0.15, -0.1) is 5.10 Å². The van der Waals surface area contributed by atoms with E-state index in [1.165, 1.54) is 0 Å². The number of ether oxygens (including phenoxy) is 2. The first-order valence-corrected chi connectivity index (χ1v) is 10.1.